The maximum Gasteiger partial charge on any atom is 0.330 e. The van der Waals surface area contributed by atoms with Crippen LogP contribution in [0.4, 0.5) is 0 Å². The summed E-state index contributed by atoms with van der Waals surface area (Å²) in [6.07, 6.45) is -15.0. The van der Waals surface area contributed by atoms with Crippen molar-refractivity contribution < 1.29 is 84.0 Å². The molecule has 4 aliphatic rings. The zero-order chi connectivity index (χ0) is 38.8. The number of fused-ring (bicyclic) bond motifs is 1. The van der Waals surface area contributed by atoms with Gasteiger partial charge in [-0.3, -0.25) is 4.79 Å². The number of benzene rings is 3. The van der Waals surface area contributed by atoms with Crippen LogP contribution in [0, 0.1) is 0 Å². The summed E-state index contributed by atoms with van der Waals surface area (Å²) in [5.74, 6) is -2.85. The number of ether oxygens (including phenoxy) is 5. The number of phenols is 4. The van der Waals surface area contributed by atoms with E-state index in [4.69, 9.17) is 28.1 Å². The highest BCUT2D eigenvalue weighted by molar-refractivity contribution is 5.87. The molecule has 3 aliphatic heterocycles. The molecule has 2 aromatic rings. The molecule has 0 bridgehead atoms. The maximum absolute atomic E-state index is 12.3. The van der Waals surface area contributed by atoms with Gasteiger partial charge in [0.1, 0.15) is 72.7 Å². The van der Waals surface area contributed by atoms with Gasteiger partial charge in [-0.1, -0.05) is 12.1 Å². The lowest BCUT2D eigenvalue weighted by molar-refractivity contribution is -0.323. The summed E-state index contributed by atoms with van der Waals surface area (Å²) < 4.78 is 33.7. The number of phenolic OH excluding ortho intramolecular Hbond substituents is 4. The highest BCUT2D eigenvalue weighted by Crippen LogP contribution is 2.43. The first-order valence-electron chi connectivity index (χ1n) is 16.3. The van der Waals surface area contributed by atoms with Crippen LogP contribution >= 0.6 is 0 Å². The van der Waals surface area contributed by atoms with Gasteiger partial charge in [-0.2, -0.15) is 0 Å². The summed E-state index contributed by atoms with van der Waals surface area (Å²) in [5, 5.41) is 104. The van der Waals surface area contributed by atoms with Crippen molar-refractivity contribution in [2.45, 2.75) is 61.4 Å². The molecule has 2 fully saturated rings. The molecule has 10 atom stereocenters. The van der Waals surface area contributed by atoms with E-state index in [9.17, 15) is 60.7 Å². The van der Waals surface area contributed by atoms with E-state index in [0.29, 0.717) is 5.56 Å². The normalized spacial score (nSPS) is 28.6. The van der Waals surface area contributed by atoms with Gasteiger partial charge >= 0.3 is 5.97 Å². The van der Waals surface area contributed by atoms with E-state index < -0.39 is 103 Å². The molecule has 18 heteroatoms. The smallest absolute Gasteiger partial charge is 0.330 e. The first kappa shape index (κ1) is 38.4. The van der Waals surface area contributed by atoms with Crippen LogP contribution in [-0.4, -0.2) is 132 Å². The highest BCUT2D eigenvalue weighted by atomic mass is 16.7. The standard InChI is InChI=1S/C36H36O18/c37-17-5-1-15(2-6-17)3-8-27(42)49-13-25-28(43)30(45)32(47)35(53-25)50-14-26-29(44)31(46)33(48)36(54-26)52-24-12-19-21(40)10-18(38)11-23(19)51-34(24)16-4-7-20(39)22(41)9-16/h1-12,25-26,28-33,35-37,39-41,43-48H,13-14H2/t25-,26-,28-,29+,30+,31+,32-,33-,35-,36-/m1/s1. The molecule has 0 radical (unpaired) electrons. The third-order valence-electron chi connectivity index (χ3n) is 8.74. The summed E-state index contributed by atoms with van der Waals surface area (Å²) >= 11 is 0. The SMILES string of the molecule is O=C(C=Cc1ccc(O)cc1)OC[C@H]1O[C@@H](OC[C@H]2O[C@@H](Oc3cc4c(O)cc(=O)cc-4oc3-c3ccc(O)c(O)c3)[C@H](O)[C@@H](O)[C@H]2O)[C@H](O)[C@@H](O)[C@@H]1O. The number of esters is 1. The predicted molar refractivity (Wildman–Crippen MR) is 180 cm³/mol. The van der Waals surface area contributed by atoms with Crippen LogP contribution in [0.5, 0.6) is 28.7 Å². The number of aromatic hydroxyl groups is 4. The van der Waals surface area contributed by atoms with Crippen LogP contribution in [0.25, 0.3) is 28.7 Å². The molecule has 0 aromatic heterocycles. The van der Waals surface area contributed by atoms with Gasteiger partial charge in [0, 0.05) is 23.8 Å². The Morgan fingerprint density at radius 2 is 1.33 bits per heavy atom. The van der Waals surface area contributed by atoms with Gasteiger partial charge in [0.15, 0.2) is 34.7 Å². The second-order valence-electron chi connectivity index (χ2n) is 12.5. The number of hydrogen-bond donors (Lipinski definition) is 10. The average Bonchev–Trinajstić information content (AvgIpc) is 3.14. The molecular formula is C36H36O18. The Bertz CT molecular complexity index is 1990. The van der Waals surface area contributed by atoms with Gasteiger partial charge < -0.3 is 79.2 Å². The van der Waals surface area contributed by atoms with Gasteiger partial charge in [0.05, 0.1) is 12.2 Å². The molecule has 0 unspecified atom stereocenters. The lowest BCUT2D eigenvalue weighted by atomic mass is 9.98. The van der Waals surface area contributed by atoms with Crippen LogP contribution in [0.2, 0.25) is 0 Å². The molecule has 288 valence electrons. The van der Waals surface area contributed by atoms with Gasteiger partial charge in [-0.05, 0) is 48.0 Å². The quantitative estimate of drug-likeness (QED) is 0.0554. The summed E-state index contributed by atoms with van der Waals surface area (Å²) in [6, 6.07) is 12.7. The number of aliphatic hydroxyl groups is 6. The molecule has 0 saturated carbocycles. The Kier molecular flexibility index (Phi) is 11.4. The van der Waals surface area contributed by atoms with Crippen molar-refractivity contribution >= 4 is 12.0 Å². The third-order valence-corrected chi connectivity index (χ3v) is 8.74. The monoisotopic (exact) mass is 756 g/mol. The minimum atomic E-state index is -1.92. The Morgan fingerprint density at radius 3 is 2.02 bits per heavy atom. The molecular weight excluding hydrogens is 720 g/mol. The molecule has 18 nitrogen and oxygen atoms in total. The van der Waals surface area contributed by atoms with E-state index in [1.807, 2.05) is 0 Å². The molecule has 1 aliphatic carbocycles. The van der Waals surface area contributed by atoms with E-state index in [-0.39, 0.29) is 34.1 Å². The van der Waals surface area contributed by atoms with Crippen molar-refractivity contribution in [2.75, 3.05) is 13.2 Å². The van der Waals surface area contributed by atoms with E-state index in [1.165, 1.54) is 30.3 Å². The molecule has 6 rings (SSSR count). The van der Waals surface area contributed by atoms with Crippen molar-refractivity contribution in [3.63, 3.8) is 0 Å². The maximum atomic E-state index is 12.3. The topological polar surface area (TPSA) is 296 Å². The number of aliphatic hydroxyl groups excluding tert-OH is 6. The molecule has 0 spiro atoms. The van der Waals surface area contributed by atoms with E-state index in [0.717, 1.165) is 30.3 Å². The summed E-state index contributed by atoms with van der Waals surface area (Å²) in [4.78, 5) is 24.3. The van der Waals surface area contributed by atoms with Gasteiger partial charge in [0.2, 0.25) is 6.29 Å². The lowest BCUT2D eigenvalue weighted by Gasteiger charge is -2.42. The van der Waals surface area contributed by atoms with Gasteiger partial charge in [-0.25, -0.2) is 4.79 Å². The Labute approximate surface area is 304 Å². The highest BCUT2D eigenvalue weighted by Gasteiger charge is 2.48. The second-order valence-corrected chi connectivity index (χ2v) is 12.5. The number of hydrogen-bond acceptors (Lipinski definition) is 18. The second kappa shape index (κ2) is 16.0. The van der Waals surface area contributed by atoms with Crippen molar-refractivity contribution in [3.05, 3.63) is 82.5 Å². The fraction of sp³-hybridized carbons (Fsp3) is 0.333. The summed E-state index contributed by atoms with van der Waals surface area (Å²) in [5.41, 5.74) is 0.0662. The third kappa shape index (κ3) is 8.26. The molecule has 0 amide bonds. The lowest BCUT2D eigenvalue weighted by Crippen LogP contribution is -2.62. The van der Waals surface area contributed by atoms with Crippen molar-refractivity contribution in [3.8, 4) is 51.4 Å². The number of rotatable bonds is 10. The fourth-order valence-electron chi connectivity index (χ4n) is 5.75. The molecule has 2 saturated heterocycles. The predicted octanol–water partition coefficient (Wildman–Crippen LogP) is -0.499. The van der Waals surface area contributed by atoms with Crippen molar-refractivity contribution in [1.29, 1.82) is 0 Å². The summed E-state index contributed by atoms with van der Waals surface area (Å²) in [6.45, 7) is -1.26. The van der Waals surface area contributed by atoms with Crippen LogP contribution in [-0.2, 0) is 23.7 Å². The van der Waals surface area contributed by atoms with Gasteiger partial charge in [-0.15, -0.1) is 0 Å². The number of carbonyl (C=O) groups is 1. The van der Waals surface area contributed by atoms with E-state index in [2.05, 4.69) is 0 Å². The van der Waals surface area contributed by atoms with Crippen molar-refractivity contribution in [1.82, 2.24) is 0 Å². The van der Waals surface area contributed by atoms with Crippen LogP contribution in [0.3, 0.4) is 0 Å². The van der Waals surface area contributed by atoms with Crippen molar-refractivity contribution in [2.24, 2.45) is 0 Å². The van der Waals surface area contributed by atoms with Crippen LogP contribution < -0.4 is 10.2 Å². The molecule has 2 aromatic carbocycles. The Balaban J connectivity index is 1.16. The largest absolute Gasteiger partial charge is 0.508 e. The Morgan fingerprint density at radius 1 is 0.685 bits per heavy atom. The minimum absolute atomic E-state index is 0.0140. The zero-order valence-corrected chi connectivity index (χ0v) is 27.9. The van der Waals surface area contributed by atoms with E-state index >= 15 is 0 Å². The first-order chi connectivity index (χ1) is 25.7. The fourth-order valence-corrected chi connectivity index (χ4v) is 5.75. The Hall–Kier alpha value is -5.28. The molecule has 10 N–H and O–H groups in total. The molecule has 3 heterocycles. The minimum Gasteiger partial charge on any atom is -0.508 e. The average molecular weight is 757 g/mol. The van der Waals surface area contributed by atoms with Gasteiger partial charge in [0.25, 0.3) is 0 Å². The first-order valence-corrected chi connectivity index (χ1v) is 16.3. The van der Waals surface area contributed by atoms with Crippen LogP contribution in [0.1, 0.15) is 5.56 Å². The molecule has 54 heavy (non-hydrogen) atoms. The number of carbonyl (C=O) groups excluding carboxylic acids is 1. The van der Waals surface area contributed by atoms with Crippen LogP contribution in [0.15, 0.2) is 76.0 Å². The summed E-state index contributed by atoms with van der Waals surface area (Å²) in [7, 11) is 0. The van der Waals surface area contributed by atoms with E-state index in [1.54, 1.807) is 12.1 Å². The zero-order valence-electron chi connectivity index (χ0n) is 27.9.